The predicted octanol–water partition coefficient (Wildman–Crippen LogP) is 3.96. The molecule has 17 heavy (non-hydrogen) atoms. The van der Waals surface area contributed by atoms with Crippen molar-refractivity contribution in [3.8, 4) is 0 Å². The van der Waals surface area contributed by atoms with Crippen molar-refractivity contribution in [3.05, 3.63) is 0 Å². The Morgan fingerprint density at radius 3 is 1.82 bits per heavy atom. The van der Waals surface area contributed by atoms with Crippen molar-refractivity contribution >= 4 is 28.9 Å². The Balaban J connectivity index is 4.50. The minimum absolute atomic E-state index is 0.103. The van der Waals surface area contributed by atoms with Gasteiger partial charge in [0.15, 0.2) is 0 Å². The van der Waals surface area contributed by atoms with Gasteiger partial charge in [0.25, 0.3) is 0 Å². The average molecular weight is 300 g/mol. The van der Waals surface area contributed by atoms with Crippen LogP contribution in [0, 0.1) is 0 Å². The third-order valence-corrected chi connectivity index (χ3v) is 7.80. The van der Waals surface area contributed by atoms with Gasteiger partial charge in [-0.1, -0.05) is 25.2 Å². The standard InChI is InChI=1S/C11H25O3PS2/c1-6-10(4)13-15(16,14-11(5)7-2)17-8-9(3)12/h9-12H,6-8H2,1-5H3. The first kappa shape index (κ1) is 17.9. The van der Waals surface area contributed by atoms with Gasteiger partial charge in [0.1, 0.15) is 0 Å². The van der Waals surface area contributed by atoms with E-state index in [9.17, 15) is 5.11 Å². The van der Waals surface area contributed by atoms with Crippen molar-refractivity contribution in [1.29, 1.82) is 0 Å². The molecule has 3 nitrogen and oxygen atoms in total. The summed E-state index contributed by atoms with van der Waals surface area (Å²) >= 11 is 6.97. The summed E-state index contributed by atoms with van der Waals surface area (Å²) in [5, 5.41) is 9.34. The monoisotopic (exact) mass is 300 g/mol. The van der Waals surface area contributed by atoms with Crippen molar-refractivity contribution in [1.82, 2.24) is 0 Å². The quantitative estimate of drug-likeness (QED) is 0.653. The van der Waals surface area contributed by atoms with E-state index in [1.165, 1.54) is 11.4 Å². The van der Waals surface area contributed by atoms with Crippen LogP contribution in [-0.4, -0.2) is 29.2 Å². The van der Waals surface area contributed by atoms with Crippen LogP contribution in [0.25, 0.3) is 0 Å². The van der Waals surface area contributed by atoms with Gasteiger partial charge in [0, 0.05) is 5.75 Å². The van der Waals surface area contributed by atoms with Gasteiger partial charge in [-0.25, -0.2) is 0 Å². The first-order valence-corrected chi connectivity index (χ1v) is 10.3. The fourth-order valence-electron chi connectivity index (χ4n) is 0.875. The molecule has 0 aromatic heterocycles. The smallest absolute Gasteiger partial charge is 0.247 e. The molecular formula is C11H25O3PS2. The molecule has 0 bridgehead atoms. The van der Waals surface area contributed by atoms with E-state index < -0.39 is 5.69 Å². The van der Waals surface area contributed by atoms with Gasteiger partial charge in [0.05, 0.1) is 18.3 Å². The molecule has 0 aliphatic carbocycles. The summed E-state index contributed by atoms with van der Waals surface area (Å²) in [6.07, 6.45) is 1.65. The molecule has 0 aromatic carbocycles. The molecule has 0 aliphatic heterocycles. The highest BCUT2D eigenvalue weighted by molar-refractivity contribution is 8.67. The van der Waals surface area contributed by atoms with Gasteiger partial charge in [-0.2, -0.15) is 0 Å². The molecule has 0 aliphatic rings. The normalized spacial score (nSPS) is 20.6. The van der Waals surface area contributed by atoms with E-state index in [2.05, 4.69) is 13.8 Å². The lowest BCUT2D eigenvalue weighted by Gasteiger charge is -2.27. The third-order valence-electron chi connectivity index (χ3n) is 2.24. The van der Waals surface area contributed by atoms with Gasteiger partial charge >= 0.3 is 0 Å². The molecule has 104 valence electrons. The van der Waals surface area contributed by atoms with Crippen LogP contribution in [-0.2, 0) is 20.9 Å². The van der Waals surface area contributed by atoms with Crippen molar-refractivity contribution < 1.29 is 14.2 Å². The highest BCUT2D eigenvalue weighted by atomic mass is 32.9. The van der Waals surface area contributed by atoms with Crippen LogP contribution < -0.4 is 0 Å². The highest BCUT2D eigenvalue weighted by Gasteiger charge is 2.25. The largest absolute Gasteiger partial charge is 0.393 e. The molecule has 0 spiro atoms. The Morgan fingerprint density at radius 1 is 1.12 bits per heavy atom. The lowest BCUT2D eigenvalue weighted by molar-refractivity contribution is 0.163. The lowest BCUT2D eigenvalue weighted by Crippen LogP contribution is -2.11. The summed E-state index contributed by atoms with van der Waals surface area (Å²) in [5.74, 6) is 0.560. The zero-order valence-corrected chi connectivity index (χ0v) is 13.9. The first-order chi connectivity index (χ1) is 7.83. The summed E-state index contributed by atoms with van der Waals surface area (Å²) in [5.41, 5.74) is -2.33. The molecule has 0 saturated carbocycles. The molecule has 1 N–H and O–H groups in total. The van der Waals surface area contributed by atoms with E-state index in [0.29, 0.717) is 5.75 Å². The minimum atomic E-state index is -2.33. The van der Waals surface area contributed by atoms with Crippen molar-refractivity contribution in [2.75, 3.05) is 5.75 Å². The lowest BCUT2D eigenvalue weighted by atomic mass is 10.3. The molecule has 0 amide bonds. The summed E-state index contributed by atoms with van der Waals surface area (Å²) < 4.78 is 11.7. The average Bonchev–Trinajstić information content (AvgIpc) is 2.26. The molecule has 0 radical (unpaired) electrons. The summed E-state index contributed by atoms with van der Waals surface area (Å²) in [7, 11) is 0. The fraction of sp³-hybridized carbons (Fsp3) is 1.00. The Hall–Kier alpha value is 0.880. The van der Waals surface area contributed by atoms with E-state index in [0.717, 1.165) is 12.8 Å². The van der Waals surface area contributed by atoms with Crippen molar-refractivity contribution in [2.24, 2.45) is 0 Å². The zero-order chi connectivity index (χ0) is 13.5. The topological polar surface area (TPSA) is 38.7 Å². The number of aliphatic hydroxyl groups excluding tert-OH is 1. The van der Waals surface area contributed by atoms with Gasteiger partial charge in [-0.15, -0.1) is 0 Å². The summed E-state index contributed by atoms with van der Waals surface area (Å²) in [4.78, 5) is 0. The van der Waals surface area contributed by atoms with Crippen LogP contribution in [0.3, 0.4) is 0 Å². The van der Waals surface area contributed by atoms with E-state index >= 15 is 0 Å². The third kappa shape index (κ3) is 8.57. The van der Waals surface area contributed by atoms with Crippen LogP contribution in [0.15, 0.2) is 0 Å². The number of rotatable bonds is 9. The first-order valence-electron chi connectivity index (χ1n) is 6.12. The van der Waals surface area contributed by atoms with Crippen LogP contribution in [0.2, 0.25) is 0 Å². The van der Waals surface area contributed by atoms with Gasteiger partial charge in [-0.3, -0.25) is 0 Å². The van der Waals surface area contributed by atoms with Crippen molar-refractivity contribution in [3.63, 3.8) is 0 Å². The molecule has 0 heterocycles. The Labute approximate surface area is 115 Å². The van der Waals surface area contributed by atoms with E-state index in [-0.39, 0.29) is 18.3 Å². The van der Waals surface area contributed by atoms with Crippen LogP contribution in [0.5, 0.6) is 0 Å². The maximum Gasteiger partial charge on any atom is 0.247 e. The Morgan fingerprint density at radius 2 is 1.53 bits per heavy atom. The number of aliphatic hydroxyl groups is 1. The molecular weight excluding hydrogens is 275 g/mol. The number of hydrogen-bond donors (Lipinski definition) is 1. The Kier molecular flexibility index (Phi) is 9.35. The van der Waals surface area contributed by atoms with Gasteiger partial charge in [0.2, 0.25) is 5.69 Å². The molecule has 0 saturated heterocycles. The van der Waals surface area contributed by atoms with Gasteiger partial charge in [-0.05, 0) is 45.4 Å². The van der Waals surface area contributed by atoms with Crippen LogP contribution in [0.1, 0.15) is 47.5 Å². The molecule has 0 rings (SSSR count). The molecule has 6 heteroatoms. The van der Waals surface area contributed by atoms with Crippen LogP contribution >= 0.6 is 17.1 Å². The second-order valence-corrected chi connectivity index (χ2v) is 10.5. The Bertz CT molecular complexity index is 233. The van der Waals surface area contributed by atoms with E-state index in [4.69, 9.17) is 20.9 Å². The fourth-order valence-corrected chi connectivity index (χ4v) is 6.50. The second kappa shape index (κ2) is 8.89. The maximum atomic E-state index is 9.34. The minimum Gasteiger partial charge on any atom is -0.393 e. The zero-order valence-electron chi connectivity index (χ0n) is 11.4. The van der Waals surface area contributed by atoms with Crippen LogP contribution in [0.4, 0.5) is 0 Å². The summed E-state index contributed by atoms with van der Waals surface area (Å²) in [6.45, 7) is 9.88. The SMILES string of the molecule is CCC(C)OP(=S)(OC(C)CC)SCC(C)O. The molecule has 0 aromatic rings. The highest BCUT2D eigenvalue weighted by Crippen LogP contribution is 2.63. The predicted molar refractivity (Wildman–Crippen MR) is 80.1 cm³/mol. The van der Waals surface area contributed by atoms with Gasteiger partial charge < -0.3 is 14.2 Å². The van der Waals surface area contributed by atoms with E-state index in [1.807, 2.05) is 13.8 Å². The molecule has 3 unspecified atom stereocenters. The maximum absolute atomic E-state index is 9.34. The molecule has 3 atom stereocenters. The van der Waals surface area contributed by atoms with E-state index in [1.54, 1.807) is 6.92 Å². The second-order valence-electron chi connectivity index (χ2n) is 4.24. The summed E-state index contributed by atoms with van der Waals surface area (Å²) in [6, 6.07) is 0. The number of hydrogen-bond acceptors (Lipinski definition) is 5. The van der Waals surface area contributed by atoms with Crippen molar-refractivity contribution in [2.45, 2.75) is 65.8 Å². The molecule has 0 fully saturated rings.